The molecule has 3 nitrogen and oxygen atoms in total. The lowest BCUT2D eigenvalue weighted by Gasteiger charge is -2.57. The number of nitrogens with zero attached hydrogens (tertiary/aromatic N) is 1. The monoisotopic (exact) mass is 810 g/mol. The van der Waals surface area contributed by atoms with Gasteiger partial charge in [0.2, 0.25) is 0 Å². The van der Waals surface area contributed by atoms with Crippen LogP contribution in [0.3, 0.4) is 0 Å². The minimum Gasteiger partial charge on any atom is -0.374 e. The Bertz CT molecular complexity index is 1370. The van der Waals surface area contributed by atoms with Crippen LogP contribution in [0, 0.1) is 82.9 Å². The van der Waals surface area contributed by atoms with Crippen molar-refractivity contribution >= 4 is 0 Å². The molecule has 12 aliphatic rings. The number of ether oxygens (including phenoxy) is 2. The summed E-state index contributed by atoms with van der Waals surface area (Å²) >= 11 is 0. The lowest BCUT2D eigenvalue weighted by Crippen LogP contribution is -2.59. The molecule has 10 aliphatic carbocycles. The zero-order valence-electron chi connectivity index (χ0n) is 38.1. The zero-order valence-corrected chi connectivity index (χ0v) is 38.1. The lowest BCUT2D eigenvalue weighted by atomic mass is 9.55. The molecule has 59 heavy (non-hydrogen) atoms. The van der Waals surface area contributed by atoms with Crippen LogP contribution in [0.15, 0.2) is 0 Å². The average molecular weight is 810 g/mol. The maximum Gasteiger partial charge on any atom is 0.0667 e. The van der Waals surface area contributed by atoms with Crippen LogP contribution in [-0.2, 0) is 9.47 Å². The van der Waals surface area contributed by atoms with Gasteiger partial charge in [-0.15, -0.1) is 0 Å². The molecular formula is C56H91NO2. The summed E-state index contributed by atoms with van der Waals surface area (Å²) in [4.78, 5) is 3.46. The van der Waals surface area contributed by atoms with Crippen LogP contribution in [0.2, 0.25) is 0 Å². The third-order valence-corrected chi connectivity index (χ3v) is 22.9. The highest BCUT2D eigenvalue weighted by atomic mass is 16.5. The van der Waals surface area contributed by atoms with Gasteiger partial charge >= 0.3 is 0 Å². The summed E-state index contributed by atoms with van der Waals surface area (Å²) in [5.41, 5.74) is 0. The molecular weight excluding hydrogens is 719 g/mol. The number of fused-ring (bicyclic) bond motifs is 9. The van der Waals surface area contributed by atoms with Crippen LogP contribution in [0.5, 0.6) is 0 Å². The zero-order chi connectivity index (χ0) is 38.9. The highest BCUT2D eigenvalue weighted by Crippen LogP contribution is 2.61. The molecule has 332 valence electrons. The van der Waals surface area contributed by atoms with E-state index < -0.39 is 0 Å². The average Bonchev–Trinajstić information content (AvgIpc) is 3.89. The molecule has 2 saturated heterocycles. The van der Waals surface area contributed by atoms with E-state index in [-0.39, 0.29) is 0 Å². The van der Waals surface area contributed by atoms with Crippen LogP contribution in [-0.4, -0.2) is 47.4 Å². The predicted molar refractivity (Wildman–Crippen MR) is 241 cm³/mol. The van der Waals surface area contributed by atoms with Gasteiger partial charge < -0.3 is 9.47 Å². The van der Waals surface area contributed by atoms with E-state index in [0.717, 1.165) is 101 Å². The predicted octanol–water partition coefficient (Wildman–Crippen LogP) is 14.3. The second-order valence-corrected chi connectivity index (χ2v) is 25.0. The van der Waals surface area contributed by atoms with Gasteiger partial charge in [-0.2, -0.15) is 0 Å². The van der Waals surface area contributed by atoms with Crippen molar-refractivity contribution in [2.75, 3.05) is 0 Å². The van der Waals surface area contributed by atoms with Gasteiger partial charge in [-0.3, -0.25) is 4.90 Å². The molecule has 2 heterocycles. The van der Waals surface area contributed by atoms with E-state index >= 15 is 0 Å². The second-order valence-electron chi connectivity index (χ2n) is 25.0. The topological polar surface area (TPSA) is 21.7 Å². The second kappa shape index (κ2) is 17.7. The molecule has 0 aromatic heterocycles. The Morgan fingerprint density at radius 2 is 0.729 bits per heavy atom. The minimum absolute atomic E-state index is 0.520. The molecule has 10 saturated carbocycles. The van der Waals surface area contributed by atoms with Crippen molar-refractivity contribution in [1.29, 1.82) is 0 Å². The van der Waals surface area contributed by atoms with E-state index in [0.29, 0.717) is 24.4 Å². The maximum atomic E-state index is 7.71. The Morgan fingerprint density at radius 3 is 1.51 bits per heavy atom. The fourth-order valence-corrected chi connectivity index (χ4v) is 20.6. The molecule has 0 radical (unpaired) electrons. The first-order valence-electron chi connectivity index (χ1n) is 28.3. The maximum absolute atomic E-state index is 7.71. The molecule has 2 aliphatic heterocycles. The summed E-state index contributed by atoms with van der Waals surface area (Å²) in [5.74, 6) is 13.5. The molecule has 12 fully saturated rings. The molecule has 12 rings (SSSR count). The van der Waals surface area contributed by atoms with Crippen molar-refractivity contribution < 1.29 is 9.47 Å². The molecule has 0 bridgehead atoms. The van der Waals surface area contributed by atoms with Crippen LogP contribution >= 0.6 is 0 Å². The third kappa shape index (κ3) is 7.53. The standard InChI is InChI=1S/C56H91NO2/c1-2-12-36(13-3-1)37-24-28-40(29-25-37)57(41-30-26-39(27-31-41)43-20-10-15-38-14-4-5-16-42(38)43)51-34-32-45(44-17-6-7-18-46(44)51)47-21-11-22-48-49-33-35-53-54(56(49)59-55(47)48)50-19-8-9-23-52(50)58-53/h36-56H,1-35H2. The Morgan fingerprint density at radius 1 is 0.254 bits per heavy atom. The van der Waals surface area contributed by atoms with Crippen molar-refractivity contribution in [2.45, 2.75) is 267 Å². The summed E-state index contributed by atoms with van der Waals surface area (Å²) < 4.78 is 14.6. The molecule has 0 N–H and O–H groups in total. The van der Waals surface area contributed by atoms with Crippen molar-refractivity contribution in [2.24, 2.45) is 82.9 Å². The van der Waals surface area contributed by atoms with Crippen LogP contribution < -0.4 is 0 Å². The van der Waals surface area contributed by atoms with E-state index in [1.54, 1.807) is 116 Å². The third-order valence-electron chi connectivity index (χ3n) is 22.9. The molecule has 3 heteroatoms. The minimum atomic E-state index is 0.520. The summed E-state index contributed by atoms with van der Waals surface area (Å²) in [7, 11) is 0. The van der Waals surface area contributed by atoms with E-state index in [1.807, 2.05) is 0 Å². The van der Waals surface area contributed by atoms with Gasteiger partial charge in [0, 0.05) is 24.0 Å². The number of hydrogen-bond donors (Lipinski definition) is 0. The van der Waals surface area contributed by atoms with E-state index in [9.17, 15) is 0 Å². The highest BCUT2D eigenvalue weighted by Gasteiger charge is 2.61. The first-order chi connectivity index (χ1) is 29.3. The van der Waals surface area contributed by atoms with Gasteiger partial charge in [-0.1, -0.05) is 96.3 Å². The largest absolute Gasteiger partial charge is 0.374 e. The summed E-state index contributed by atoms with van der Waals surface area (Å²) in [5, 5.41) is 0. The lowest BCUT2D eigenvalue weighted by molar-refractivity contribution is -0.112. The Labute approximate surface area is 363 Å². The summed E-state index contributed by atoms with van der Waals surface area (Å²) in [6.45, 7) is 0. The van der Waals surface area contributed by atoms with Crippen LogP contribution in [0.1, 0.15) is 225 Å². The van der Waals surface area contributed by atoms with Crippen molar-refractivity contribution in [3.05, 3.63) is 0 Å². The quantitative estimate of drug-likeness (QED) is 0.267. The van der Waals surface area contributed by atoms with Gasteiger partial charge in [0.15, 0.2) is 0 Å². The highest BCUT2D eigenvalue weighted by molar-refractivity contribution is 5.10. The Balaban J connectivity index is 0.775. The van der Waals surface area contributed by atoms with Crippen LogP contribution in [0.25, 0.3) is 0 Å². The van der Waals surface area contributed by atoms with E-state index in [4.69, 9.17) is 9.47 Å². The fraction of sp³-hybridized carbons (Fsp3) is 1.00. The van der Waals surface area contributed by atoms with Gasteiger partial charge in [0.25, 0.3) is 0 Å². The molecule has 0 spiro atoms. The smallest absolute Gasteiger partial charge is 0.0667 e. The van der Waals surface area contributed by atoms with Crippen molar-refractivity contribution in [1.82, 2.24) is 4.90 Å². The van der Waals surface area contributed by atoms with Crippen LogP contribution in [0.4, 0.5) is 0 Å². The Kier molecular flexibility index (Phi) is 12.1. The summed E-state index contributed by atoms with van der Waals surface area (Å²) in [6, 6.07) is 2.67. The SMILES string of the molecule is C1CCC(C2CCC(N(C3CCC(C4CCCC5CCCCC54)CC3)C3CCC(C4CCCC5C6CCC7OC8CCCCC8C7C6OC45)C4CCCCC43)CC2)CC1. The van der Waals surface area contributed by atoms with Crippen molar-refractivity contribution in [3.63, 3.8) is 0 Å². The fourth-order valence-electron chi connectivity index (χ4n) is 20.6. The molecule has 0 aromatic rings. The molecule has 16 atom stereocenters. The van der Waals surface area contributed by atoms with Gasteiger partial charge in [-0.25, -0.2) is 0 Å². The summed E-state index contributed by atoms with van der Waals surface area (Å²) in [6.07, 6.45) is 55.3. The molecule has 0 amide bonds. The first kappa shape index (κ1) is 40.4. The number of hydrogen-bond acceptors (Lipinski definition) is 3. The molecule has 0 aromatic carbocycles. The van der Waals surface area contributed by atoms with E-state index in [1.165, 1.54) is 109 Å². The first-order valence-corrected chi connectivity index (χ1v) is 28.3. The normalized spacial score (nSPS) is 53.0. The van der Waals surface area contributed by atoms with Gasteiger partial charge in [0.05, 0.1) is 24.4 Å². The van der Waals surface area contributed by atoms with Gasteiger partial charge in [-0.05, 0) is 205 Å². The Hall–Kier alpha value is -0.120. The van der Waals surface area contributed by atoms with Gasteiger partial charge in [0.1, 0.15) is 0 Å². The number of rotatable bonds is 6. The van der Waals surface area contributed by atoms with Crippen molar-refractivity contribution in [3.8, 4) is 0 Å². The molecule has 16 unspecified atom stereocenters. The van der Waals surface area contributed by atoms with E-state index in [2.05, 4.69) is 4.90 Å².